The number of nitrogens with zero attached hydrogens (tertiary/aromatic N) is 1. The van der Waals surface area contributed by atoms with Crippen molar-refractivity contribution in [2.75, 3.05) is 24.3 Å². The molecule has 2 aromatic carbocycles. The molecule has 0 saturated carbocycles. The van der Waals surface area contributed by atoms with Gasteiger partial charge >= 0.3 is 12.0 Å². The summed E-state index contributed by atoms with van der Waals surface area (Å²) in [5.41, 5.74) is 2.87. The third-order valence-electron chi connectivity index (χ3n) is 5.11. The fourth-order valence-corrected chi connectivity index (χ4v) is 3.54. The van der Waals surface area contributed by atoms with E-state index in [0.29, 0.717) is 34.4 Å². The van der Waals surface area contributed by atoms with E-state index in [4.69, 9.17) is 17.0 Å². The highest BCUT2D eigenvalue weighted by molar-refractivity contribution is 7.80. The molecule has 0 fully saturated rings. The molecule has 7 nitrogen and oxygen atoms in total. The standard InChI is InChI=1S/C24H27FN4O3S/c1-14(2)13-32-22(30)20-15(3)29(4)24(33)28-21(20)16-8-10-18(11-9-16)26-23(31)27-19-7-5-6-17(25)12-19/h5-12,14,21H,13H2,1-4H3,(H,28,33)(H2,26,27,31). The summed E-state index contributed by atoms with van der Waals surface area (Å²) in [6.45, 7) is 6.10. The van der Waals surface area contributed by atoms with Gasteiger partial charge in [0.15, 0.2) is 5.11 Å². The highest BCUT2D eigenvalue weighted by Gasteiger charge is 2.33. The van der Waals surface area contributed by atoms with Gasteiger partial charge in [0.05, 0.1) is 18.2 Å². The molecule has 1 atom stereocenters. The Kier molecular flexibility index (Phi) is 7.65. The summed E-state index contributed by atoms with van der Waals surface area (Å²) in [6.07, 6.45) is 0. The third kappa shape index (κ3) is 6.07. The van der Waals surface area contributed by atoms with E-state index in [1.54, 1.807) is 42.3 Å². The van der Waals surface area contributed by atoms with E-state index in [9.17, 15) is 14.0 Å². The van der Waals surface area contributed by atoms with Gasteiger partial charge < -0.3 is 25.6 Å². The first-order valence-corrected chi connectivity index (χ1v) is 10.9. The van der Waals surface area contributed by atoms with E-state index in [-0.39, 0.29) is 5.92 Å². The third-order valence-corrected chi connectivity index (χ3v) is 5.50. The van der Waals surface area contributed by atoms with E-state index >= 15 is 0 Å². The van der Waals surface area contributed by atoms with Gasteiger partial charge in [0, 0.05) is 24.1 Å². The van der Waals surface area contributed by atoms with Gasteiger partial charge in [-0.25, -0.2) is 14.0 Å². The lowest BCUT2D eigenvalue weighted by Crippen LogP contribution is -2.46. The summed E-state index contributed by atoms with van der Waals surface area (Å²) in [5.74, 6) is -0.621. The number of halogens is 1. The Labute approximate surface area is 198 Å². The second kappa shape index (κ2) is 10.4. The highest BCUT2D eigenvalue weighted by Crippen LogP contribution is 2.31. The smallest absolute Gasteiger partial charge is 0.338 e. The molecule has 9 heteroatoms. The van der Waals surface area contributed by atoms with Crippen LogP contribution in [0.15, 0.2) is 59.8 Å². The van der Waals surface area contributed by atoms with Crippen molar-refractivity contribution in [3.05, 3.63) is 71.2 Å². The molecule has 3 N–H and O–H groups in total. The molecule has 0 bridgehead atoms. The molecule has 2 aromatic rings. The number of rotatable bonds is 6. The molecule has 1 aliphatic heterocycles. The average Bonchev–Trinajstić information content (AvgIpc) is 2.76. The van der Waals surface area contributed by atoms with Gasteiger partial charge in [-0.2, -0.15) is 0 Å². The van der Waals surface area contributed by atoms with Crippen molar-refractivity contribution in [3.63, 3.8) is 0 Å². The van der Waals surface area contributed by atoms with Crippen LogP contribution in [0.5, 0.6) is 0 Å². The predicted octanol–water partition coefficient (Wildman–Crippen LogP) is 4.80. The maximum atomic E-state index is 13.3. The van der Waals surface area contributed by atoms with E-state index in [1.165, 1.54) is 18.2 Å². The number of nitrogens with one attached hydrogen (secondary N) is 3. The van der Waals surface area contributed by atoms with Crippen LogP contribution in [-0.2, 0) is 9.53 Å². The molecule has 0 saturated heterocycles. The number of hydrogen-bond acceptors (Lipinski definition) is 4. The van der Waals surface area contributed by atoms with Gasteiger partial charge in [0.25, 0.3) is 0 Å². The first kappa shape index (κ1) is 24.2. The van der Waals surface area contributed by atoms with Crippen LogP contribution in [0.25, 0.3) is 0 Å². The van der Waals surface area contributed by atoms with Crippen LogP contribution in [0.3, 0.4) is 0 Å². The van der Waals surface area contributed by atoms with Gasteiger partial charge in [-0.05, 0) is 61.0 Å². The van der Waals surface area contributed by atoms with Gasteiger partial charge in [0.2, 0.25) is 0 Å². The first-order chi connectivity index (χ1) is 15.7. The van der Waals surface area contributed by atoms with Crippen molar-refractivity contribution in [1.82, 2.24) is 10.2 Å². The van der Waals surface area contributed by atoms with Crippen LogP contribution in [0.1, 0.15) is 32.4 Å². The van der Waals surface area contributed by atoms with Crippen molar-refractivity contribution < 1.29 is 18.7 Å². The zero-order valence-corrected chi connectivity index (χ0v) is 19.8. The lowest BCUT2D eigenvalue weighted by molar-refractivity contribution is -0.140. The Balaban J connectivity index is 1.76. The largest absolute Gasteiger partial charge is 0.462 e. The van der Waals surface area contributed by atoms with E-state index < -0.39 is 23.9 Å². The van der Waals surface area contributed by atoms with Crippen molar-refractivity contribution in [2.45, 2.75) is 26.8 Å². The minimum Gasteiger partial charge on any atom is -0.462 e. The minimum atomic E-state index is -0.499. The number of thiocarbonyl (C=S) groups is 1. The monoisotopic (exact) mass is 470 g/mol. The SMILES string of the molecule is CC1=C(C(=O)OCC(C)C)C(c2ccc(NC(=O)Nc3cccc(F)c3)cc2)NC(=S)N1C. The summed E-state index contributed by atoms with van der Waals surface area (Å²) >= 11 is 5.42. The zero-order chi connectivity index (χ0) is 24.1. The number of hydrogen-bond donors (Lipinski definition) is 3. The van der Waals surface area contributed by atoms with Crippen molar-refractivity contribution in [3.8, 4) is 0 Å². The Morgan fingerprint density at radius 3 is 2.45 bits per heavy atom. The van der Waals surface area contributed by atoms with Crippen LogP contribution in [0.2, 0.25) is 0 Å². The fourth-order valence-electron chi connectivity index (χ4n) is 3.29. The van der Waals surface area contributed by atoms with Gasteiger partial charge in [-0.3, -0.25) is 0 Å². The molecule has 1 aliphatic rings. The lowest BCUT2D eigenvalue weighted by atomic mass is 9.95. The maximum Gasteiger partial charge on any atom is 0.338 e. The number of anilines is 2. The van der Waals surface area contributed by atoms with E-state index in [2.05, 4.69) is 16.0 Å². The Bertz CT molecular complexity index is 1090. The van der Waals surface area contributed by atoms with E-state index in [1.807, 2.05) is 20.8 Å². The maximum absolute atomic E-state index is 13.3. The second-order valence-corrected chi connectivity index (χ2v) is 8.53. The molecule has 174 valence electrons. The predicted molar refractivity (Wildman–Crippen MR) is 130 cm³/mol. The van der Waals surface area contributed by atoms with E-state index in [0.717, 1.165) is 5.56 Å². The zero-order valence-electron chi connectivity index (χ0n) is 18.9. The molecular formula is C24H27FN4O3S. The summed E-state index contributed by atoms with van der Waals surface area (Å²) in [4.78, 5) is 26.8. The van der Waals surface area contributed by atoms with Crippen LogP contribution in [0.4, 0.5) is 20.6 Å². The Morgan fingerprint density at radius 2 is 1.82 bits per heavy atom. The minimum absolute atomic E-state index is 0.215. The molecule has 1 unspecified atom stereocenters. The number of carbonyl (C=O) groups excluding carboxylic acids is 2. The number of ether oxygens (including phenoxy) is 1. The lowest BCUT2D eigenvalue weighted by Gasteiger charge is -2.35. The average molecular weight is 471 g/mol. The molecule has 0 spiro atoms. The van der Waals surface area contributed by atoms with Crippen LogP contribution >= 0.6 is 12.2 Å². The van der Waals surface area contributed by atoms with Crippen LogP contribution < -0.4 is 16.0 Å². The van der Waals surface area contributed by atoms with Crippen LogP contribution in [-0.4, -0.2) is 35.7 Å². The summed E-state index contributed by atoms with van der Waals surface area (Å²) in [6, 6.07) is 11.7. The van der Waals surface area contributed by atoms with Crippen LogP contribution in [0, 0.1) is 11.7 Å². The molecule has 0 aliphatic carbocycles. The van der Waals surface area contributed by atoms with Gasteiger partial charge in [0.1, 0.15) is 5.82 Å². The molecule has 1 heterocycles. The topological polar surface area (TPSA) is 82.7 Å². The Hall–Kier alpha value is -3.46. The highest BCUT2D eigenvalue weighted by atomic mass is 32.1. The van der Waals surface area contributed by atoms with Crippen molar-refractivity contribution in [1.29, 1.82) is 0 Å². The number of urea groups is 1. The summed E-state index contributed by atoms with van der Waals surface area (Å²) in [7, 11) is 1.79. The van der Waals surface area contributed by atoms with Gasteiger partial charge in [-0.1, -0.05) is 32.0 Å². The van der Waals surface area contributed by atoms with Crippen molar-refractivity contribution >= 4 is 40.7 Å². The van der Waals surface area contributed by atoms with Crippen molar-refractivity contribution in [2.24, 2.45) is 5.92 Å². The number of amides is 2. The number of esters is 1. The molecule has 2 amide bonds. The fraction of sp³-hybridized carbons (Fsp3) is 0.292. The molecule has 0 aromatic heterocycles. The second-order valence-electron chi connectivity index (χ2n) is 8.14. The number of carbonyl (C=O) groups is 2. The molecule has 3 rings (SSSR count). The molecular weight excluding hydrogens is 443 g/mol. The molecule has 33 heavy (non-hydrogen) atoms. The Morgan fingerprint density at radius 1 is 1.15 bits per heavy atom. The molecule has 0 radical (unpaired) electrons. The first-order valence-electron chi connectivity index (χ1n) is 10.5. The quantitative estimate of drug-likeness (QED) is 0.415. The summed E-state index contributed by atoms with van der Waals surface area (Å²) < 4.78 is 18.8. The number of benzene rings is 2. The van der Waals surface area contributed by atoms with Gasteiger partial charge in [-0.15, -0.1) is 0 Å². The normalized spacial score (nSPS) is 15.9. The summed E-state index contributed by atoms with van der Waals surface area (Å²) in [5, 5.41) is 8.97. The number of allylic oxidation sites excluding steroid dienone is 1.